The van der Waals surface area contributed by atoms with Gasteiger partial charge in [0.1, 0.15) is 5.60 Å². The van der Waals surface area contributed by atoms with Crippen LogP contribution < -0.4 is 10.2 Å². The van der Waals surface area contributed by atoms with Crippen LogP contribution in [-0.2, 0) is 4.74 Å². The van der Waals surface area contributed by atoms with Crippen molar-refractivity contribution < 1.29 is 14.3 Å². The van der Waals surface area contributed by atoms with Crippen LogP contribution in [0.3, 0.4) is 0 Å². The first kappa shape index (κ1) is 15.3. The van der Waals surface area contributed by atoms with Gasteiger partial charge in [-0.25, -0.2) is 4.79 Å². The van der Waals surface area contributed by atoms with Gasteiger partial charge in [0.15, 0.2) is 5.75 Å². The van der Waals surface area contributed by atoms with Crippen molar-refractivity contribution >= 4 is 11.7 Å². The fourth-order valence-corrected chi connectivity index (χ4v) is 2.14. The zero-order valence-corrected chi connectivity index (χ0v) is 12.6. The van der Waals surface area contributed by atoms with E-state index in [0.29, 0.717) is 0 Å². The van der Waals surface area contributed by atoms with Crippen LogP contribution in [0.1, 0.15) is 45.6 Å². The van der Waals surface area contributed by atoms with Gasteiger partial charge in [0.25, 0.3) is 0 Å². The summed E-state index contributed by atoms with van der Waals surface area (Å²) in [6, 6.07) is 6.52. The van der Waals surface area contributed by atoms with Crippen LogP contribution in [-0.4, -0.2) is 11.8 Å². The van der Waals surface area contributed by atoms with Crippen molar-refractivity contribution in [2.24, 2.45) is 0 Å². The maximum Gasteiger partial charge on any atom is 0.514 e. The summed E-state index contributed by atoms with van der Waals surface area (Å²) in [5.74, 6) is -0.0194. The van der Waals surface area contributed by atoms with E-state index in [1.165, 1.54) is 17.7 Å². The van der Waals surface area contributed by atoms with Gasteiger partial charge < -0.3 is 9.47 Å². The largest absolute Gasteiger partial charge is 0.514 e. The second kappa shape index (κ2) is 6.12. The normalized spacial score (nSPS) is 14.5. The summed E-state index contributed by atoms with van der Waals surface area (Å²) in [4.78, 5) is 23.6. The highest BCUT2D eigenvalue weighted by Gasteiger charge is 2.18. The second-order valence-corrected chi connectivity index (χ2v) is 6.04. The Morgan fingerprint density at radius 1 is 1.14 bits per heavy atom. The summed E-state index contributed by atoms with van der Waals surface area (Å²) in [6.45, 7) is 5.21. The van der Waals surface area contributed by atoms with Crippen molar-refractivity contribution in [2.75, 3.05) is 0 Å². The first-order valence-electron chi connectivity index (χ1n) is 7.10. The lowest BCUT2D eigenvalue weighted by atomic mass is 10.1. The van der Waals surface area contributed by atoms with Crippen molar-refractivity contribution in [2.45, 2.75) is 45.6 Å². The molecule has 0 radical (unpaired) electrons. The fourth-order valence-electron chi connectivity index (χ4n) is 2.14. The number of rotatable bonds is 2. The van der Waals surface area contributed by atoms with Crippen LogP contribution in [0.4, 0.5) is 4.79 Å². The molecule has 0 spiro atoms. The number of hydrogen-bond donors (Lipinski definition) is 0. The molecule has 2 rings (SSSR count). The maximum absolute atomic E-state index is 11.9. The van der Waals surface area contributed by atoms with E-state index in [4.69, 9.17) is 9.47 Å². The molecule has 0 saturated carbocycles. The van der Waals surface area contributed by atoms with Crippen LogP contribution in [0.15, 0.2) is 35.1 Å². The molecule has 0 bridgehead atoms. The molecule has 0 heterocycles. The van der Waals surface area contributed by atoms with Crippen molar-refractivity contribution in [3.8, 4) is 5.75 Å². The highest BCUT2D eigenvalue weighted by Crippen LogP contribution is 2.27. The lowest BCUT2D eigenvalue weighted by molar-refractivity contribution is 0.0204. The molecule has 0 N–H and O–H groups in total. The maximum atomic E-state index is 11.9. The van der Waals surface area contributed by atoms with Crippen LogP contribution in [0.25, 0.3) is 5.57 Å². The van der Waals surface area contributed by atoms with Crippen molar-refractivity contribution in [3.63, 3.8) is 0 Å². The molecule has 1 aliphatic rings. The van der Waals surface area contributed by atoms with Crippen LogP contribution in [0, 0.1) is 0 Å². The first-order chi connectivity index (χ1) is 9.85. The van der Waals surface area contributed by atoms with Crippen molar-refractivity contribution in [3.05, 3.63) is 46.1 Å². The molecular formula is C17H20O4. The molecule has 0 fully saturated rings. The number of ether oxygens (including phenoxy) is 2. The van der Waals surface area contributed by atoms with Crippen LogP contribution >= 0.6 is 0 Å². The van der Waals surface area contributed by atoms with Gasteiger partial charge in [-0.15, -0.1) is 0 Å². The van der Waals surface area contributed by atoms with Crippen LogP contribution in [0.2, 0.25) is 0 Å². The van der Waals surface area contributed by atoms with Crippen molar-refractivity contribution in [1.82, 2.24) is 0 Å². The Morgan fingerprint density at radius 2 is 1.86 bits per heavy atom. The number of carbonyl (C=O) groups is 1. The highest BCUT2D eigenvalue weighted by molar-refractivity contribution is 5.68. The zero-order chi connectivity index (χ0) is 15.5. The molecule has 1 aliphatic carbocycles. The zero-order valence-electron chi connectivity index (χ0n) is 12.6. The van der Waals surface area contributed by atoms with Gasteiger partial charge in [0.05, 0.1) is 0 Å². The number of carbonyl (C=O) groups excluding carboxylic acids is 1. The van der Waals surface area contributed by atoms with Gasteiger partial charge in [-0.1, -0.05) is 18.2 Å². The third-order valence-electron chi connectivity index (χ3n) is 3.07. The lowest BCUT2D eigenvalue weighted by Crippen LogP contribution is -2.26. The van der Waals surface area contributed by atoms with Crippen LogP contribution in [0.5, 0.6) is 5.75 Å². The molecule has 112 valence electrons. The molecule has 0 unspecified atom stereocenters. The Hall–Kier alpha value is -2.10. The predicted molar refractivity (Wildman–Crippen MR) is 81.4 cm³/mol. The molecule has 0 saturated heterocycles. The highest BCUT2D eigenvalue weighted by atomic mass is 16.7. The Balaban J connectivity index is 2.19. The molecule has 0 atom stereocenters. The third kappa shape index (κ3) is 4.45. The average Bonchev–Trinajstić information content (AvgIpc) is 2.82. The Labute approximate surface area is 124 Å². The van der Waals surface area contributed by atoms with Gasteiger partial charge in [-0.3, -0.25) is 4.79 Å². The molecule has 21 heavy (non-hydrogen) atoms. The molecular weight excluding hydrogens is 268 g/mol. The average molecular weight is 288 g/mol. The topological polar surface area (TPSA) is 52.6 Å². The summed E-state index contributed by atoms with van der Waals surface area (Å²) in [5.41, 5.74) is 1.22. The van der Waals surface area contributed by atoms with Gasteiger partial charge >= 0.3 is 6.16 Å². The fraction of sp³-hybridized carbons (Fsp3) is 0.412. The molecule has 4 nitrogen and oxygen atoms in total. The van der Waals surface area contributed by atoms with Gasteiger partial charge in [0, 0.05) is 0 Å². The minimum atomic E-state index is -0.868. The summed E-state index contributed by atoms with van der Waals surface area (Å²) in [7, 11) is 0. The summed E-state index contributed by atoms with van der Waals surface area (Å²) < 4.78 is 10.1. The van der Waals surface area contributed by atoms with E-state index in [0.717, 1.165) is 24.8 Å². The summed E-state index contributed by atoms with van der Waals surface area (Å²) >= 11 is 0. The SMILES string of the molecule is CC(C)(C)OC(=O)Oc1ccc(C2=CCCC2)ccc1=O. The van der Waals surface area contributed by atoms with E-state index in [1.807, 2.05) is 0 Å². The van der Waals surface area contributed by atoms with Gasteiger partial charge in [-0.05, 0) is 63.3 Å². The van der Waals surface area contributed by atoms with Gasteiger partial charge in [0.2, 0.25) is 5.43 Å². The molecule has 0 amide bonds. The molecule has 0 aliphatic heterocycles. The summed E-state index contributed by atoms with van der Waals surface area (Å²) in [6.07, 6.45) is 4.53. The standard InChI is InChI=1S/C17H20O4/c1-17(2,3)21-16(19)20-15-11-9-13(8-10-14(15)18)12-6-4-5-7-12/h6,8-11H,4-5,7H2,1-3H3. The first-order valence-corrected chi connectivity index (χ1v) is 7.10. The predicted octanol–water partition coefficient (Wildman–Crippen LogP) is 3.93. The van der Waals surface area contributed by atoms with E-state index < -0.39 is 11.8 Å². The number of allylic oxidation sites excluding steroid dienone is 2. The van der Waals surface area contributed by atoms with E-state index in [2.05, 4.69) is 6.08 Å². The van der Waals surface area contributed by atoms with E-state index in [9.17, 15) is 9.59 Å². The Kier molecular flexibility index (Phi) is 4.46. The minimum absolute atomic E-state index is 0.0194. The molecule has 1 aromatic rings. The molecule has 0 aromatic heterocycles. The third-order valence-corrected chi connectivity index (χ3v) is 3.07. The monoisotopic (exact) mass is 288 g/mol. The molecule has 4 heteroatoms. The minimum Gasteiger partial charge on any atom is -0.428 e. The smallest absolute Gasteiger partial charge is 0.428 e. The lowest BCUT2D eigenvalue weighted by Gasteiger charge is -2.18. The number of hydrogen-bond acceptors (Lipinski definition) is 4. The van der Waals surface area contributed by atoms with E-state index in [-0.39, 0.29) is 11.2 Å². The van der Waals surface area contributed by atoms with E-state index >= 15 is 0 Å². The molecule has 1 aromatic carbocycles. The van der Waals surface area contributed by atoms with Crippen molar-refractivity contribution in [1.29, 1.82) is 0 Å². The quantitative estimate of drug-likeness (QED) is 0.774. The second-order valence-electron chi connectivity index (χ2n) is 6.04. The van der Waals surface area contributed by atoms with Gasteiger partial charge in [-0.2, -0.15) is 0 Å². The Bertz CT molecular complexity index is 623. The van der Waals surface area contributed by atoms with E-state index in [1.54, 1.807) is 32.9 Å². The Morgan fingerprint density at radius 3 is 2.48 bits per heavy atom. The summed E-state index contributed by atoms with van der Waals surface area (Å²) in [5, 5.41) is 0.